The summed E-state index contributed by atoms with van der Waals surface area (Å²) < 4.78 is 4.04. The quantitative estimate of drug-likeness (QED) is 0.519. The molecule has 1 spiro atoms. The van der Waals surface area contributed by atoms with Gasteiger partial charge in [-0.15, -0.1) is 11.8 Å². The molecule has 82 valence electrons. The molecule has 2 heterocycles. The van der Waals surface area contributed by atoms with Gasteiger partial charge in [-0.2, -0.15) is 0 Å². The number of carbonyl (C=O) groups is 3. The second-order valence-corrected chi connectivity index (χ2v) is 7.65. The van der Waals surface area contributed by atoms with E-state index in [9.17, 15) is 14.4 Å². The normalized spacial score (nSPS) is 28.7. The van der Waals surface area contributed by atoms with Crippen molar-refractivity contribution >= 4 is 51.5 Å². The third-order valence-corrected chi connectivity index (χ3v) is 7.10. The topological polar surface area (TPSA) is 60.4 Å². The van der Waals surface area contributed by atoms with Crippen molar-refractivity contribution in [2.45, 2.75) is 9.83 Å². The number of hydrogen-bond acceptors (Lipinski definition) is 7. The van der Waals surface area contributed by atoms with Crippen molar-refractivity contribution in [1.82, 2.24) is 0 Å². The van der Waals surface area contributed by atoms with Gasteiger partial charge in [0.1, 0.15) is 3.41 Å². The summed E-state index contributed by atoms with van der Waals surface area (Å²) in [5.41, 5.74) is 0. The molecule has 2 rings (SSSR count). The van der Waals surface area contributed by atoms with Gasteiger partial charge in [-0.25, -0.2) is 0 Å². The average molecular weight is 264 g/mol. The molecule has 7 heteroatoms. The van der Waals surface area contributed by atoms with E-state index < -0.39 is 13.6 Å². The molecule has 0 N–H and O–H groups in total. The molecule has 0 saturated carbocycles. The maximum absolute atomic E-state index is 11.5. The largest absolute Gasteiger partial charge is 0.469 e. The zero-order chi connectivity index (χ0) is 11.1. The predicted molar refractivity (Wildman–Crippen MR) is 60.5 cm³/mol. The van der Waals surface area contributed by atoms with Crippen LogP contribution in [-0.4, -0.2) is 32.5 Å². The smallest absolute Gasteiger partial charge is 0.311 e. The molecule has 0 bridgehead atoms. The van der Waals surface area contributed by atoms with Crippen LogP contribution in [0.1, 0.15) is 6.42 Å². The summed E-state index contributed by atoms with van der Waals surface area (Å²) in [6.07, 6.45) is 0.665. The van der Waals surface area contributed by atoms with Gasteiger partial charge in [-0.1, -0.05) is 0 Å². The first-order valence-electron chi connectivity index (χ1n) is 4.27. The van der Waals surface area contributed by atoms with Gasteiger partial charge < -0.3 is 4.74 Å². The van der Waals surface area contributed by atoms with Crippen molar-refractivity contribution in [1.29, 1.82) is 0 Å². The van der Waals surface area contributed by atoms with Crippen molar-refractivity contribution in [3.63, 3.8) is 0 Å². The minimum absolute atomic E-state index is 0.331. The fraction of sp³-hybridized carbons (Fsp3) is 0.625. The second-order valence-electron chi connectivity index (χ2n) is 3.10. The maximum Gasteiger partial charge on any atom is 0.311 e. The van der Waals surface area contributed by atoms with Crippen LogP contribution >= 0.6 is 35.3 Å². The Bertz CT molecular complexity index is 325. The van der Waals surface area contributed by atoms with E-state index in [-0.39, 0.29) is 11.9 Å². The van der Waals surface area contributed by atoms with Gasteiger partial charge in [0.15, 0.2) is 0 Å². The summed E-state index contributed by atoms with van der Waals surface area (Å²) in [7, 11) is 1.33. The molecule has 1 unspecified atom stereocenters. The molecule has 0 amide bonds. The van der Waals surface area contributed by atoms with E-state index in [1.165, 1.54) is 18.9 Å². The lowest BCUT2D eigenvalue weighted by molar-refractivity contribution is -0.144. The fourth-order valence-electron chi connectivity index (χ4n) is 1.56. The number of rotatable bonds is 1. The first-order chi connectivity index (χ1) is 7.09. The third kappa shape index (κ3) is 1.81. The van der Waals surface area contributed by atoms with E-state index in [1.807, 2.05) is 0 Å². The van der Waals surface area contributed by atoms with Crippen molar-refractivity contribution in [3.8, 4) is 0 Å². The molecule has 2 fully saturated rings. The first-order valence-corrected chi connectivity index (χ1v) is 6.89. The van der Waals surface area contributed by atoms with Gasteiger partial charge in [-0.3, -0.25) is 14.4 Å². The lowest BCUT2D eigenvalue weighted by atomic mass is 10.1. The summed E-state index contributed by atoms with van der Waals surface area (Å²) in [6.45, 7) is 0. The molecule has 15 heavy (non-hydrogen) atoms. The second kappa shape index (κ2) is 4.03. The molecule has 4 nitrogen and oxygen atoms in total. The molecule has 0 radical (unpaired) electrons. The Kier molecular flexibility index (Phi) is 3.05. The highest BCUT2D eigenvalue weighted by Crippen LogP contribution is 2.62. The van der Waals surface area contributed by atoms with Gasteiger partial charge in [0, 0.05) is 0 Å². The van der Waals surface area contributed by atoms with Crippen LogP contribution in [0.4, 0.5) is 0 Å². The zero-order valence-electron chi connectivity index (χ0n) is 7.85. The molecule has 2 saturated heterocycles. The number of methoxy groups -OCH3 is 1. The summed E-state index contributed by atoms with van der Waals surface area (Å²) in [4.78, 5) is 33.9. The molecule has 0 aromatic rings. The van der Waals surface area contributed by atoms with Crippen LogP contribution in [-0.2, 0) is 19.1 Å². The van der Waals surface area contributed by atoms with E-state index in [0.717, 1.165) is 29.3 Å². The van der Waals surface area contributed by atoms with Crippen molar-refractivity contribution in [3.05, 3.63) is 0 Å². The summed E-state index contributed by atoms with van der Waals surface area (Å²) >= 11 is 3.44. The van der Waals surface area contributed by atoms with Crippen molar-refractivity contribution in [2.24, 2.45) is 5.92 Å². The predicted octanol–water partition coefficient (Wildman–Crippen LogP) is 1.10. The van der Waals surface area contributed by atoms with Crippen LogP contribution in [0.3, 0.4) is 0 Å². The SMILES string of the molecule is COC(=O)C1CCSC12SC(=O)C(=O)S2. The Balaban J connectivity index is 2.24. The van der Waals surface area contributed by atoms with E-state index in [2.05, 4.69) is 4.74 Å². The number of ether oxygens (including phenoxy) is 1. The Hall–Kier alpha value is -0.140. The maximum atomic E-state index is 11.5. The Morgan fingerprint density at radius 3 is 2.53 bits per heavy atom. The number of hydrogen-bond donors (Lipinski definition) is 0. The highest BCUT2D eigenvalue weighted by atomic mass is 32.3. The Morgan fingerprint density at radius 2 is 2.00 bits per heavy atom. The number of esters is 1. The number of thioether (sulfide) groups is 3. The van der Waals surface area contributed by atoms with Gasteiger partial charge in [0.2, 0.25) is 0 Å². The Morgan fingerprint density at radius 1 is 1.40 bits per heavy atom. The molecule has 0 aliphatic carbocycles. The van der Waals surface area contributed by atoms with Gasteiger partial charge in [0.05, 0.1) is 13.0 Å². The van der Waals surface area contributed by atoms with Gasteiger partial charge in [-0.05, 0) is 35.7 Å². The van der Waals surface area contributed by atoms with Crippen LogP contribution < -0.4 is 0 Å². The minimum Gasteiger partial charge on any atom is -0.469 e. The van der Waals surface area contributed by atoms with E-state index >= 15 is 0 Å². The zero-order valence-corrected chi connectivity index (χ0v) is 10.3. The lowest BCUT2D eigenvalue weighted by Gasteiger charge is -2.23. The monoisotopic (exact) mass is 264 g/mol. The average Bonchev–Trinajstić information content (AvgIpc) is 2.71. The summed E-state index contributed by atoms with van der Waals surface area (Å²) in [6, 6.07) is 0. The van der Waals surface area contributed by atoms with Crippen LogP contribution in [0.2, 0.25) is 0 Å². The van der Waals surface area contributed by atoms with Crippen molar-refractivity contribution in [2.75, 3.05) is 12.9 Å². The van der Waals surface area contributed by atoms with Crippen LogP contribution in [0, 0.1) is 5.92 Å². The molecule has 0 aromatic carbocycles. The van der Waals surface area contributed by atoms with Gasteiger partial charge in [0.25, 0.3) is 10.2 Å². The van der Waals surface area contributed by atoms with Crippen molar-refractivity contribution < 1.29 is 19.1 Å². The highest BCUT2D eigenvalue weighted by molar-refractivity contribution is 8.49. The summed E-state index contributed by atoms with van der Waals surface area (Å²) in [5.74, 6) is 0.0840. The first kappa shape index (κ1) is 11.3. The minimum atomic E-state index is -0.652. The fourth-order valence-corrected chi connectivity index (χ4v) is 6.31. The standard InChI is InChI=1S/C8H8O4S3/c1-12-5(9)4-2-3-13-8(4)14-6(10)7(11)15-8/h4H,2-3H2,1H3. The molecule has 0 aromatic heterocycles. The molecule has 1 atom stereocenters. The third-order valence-electron chi connectivity index (χ3n) is 2.26. The lowest BCUT2D eigenvalue weighted by Crippen LogP contribution is -2.29. The molecule has 2 aliphatic rings. The van der Waals surface area contributed by atoms with Gasteiger partial charge >= 0.3 is 5.97 Å². The molecule has 2 aliphatic heterocycles. The van der Waals surface area contributed by atoms with Crippen LogP contribution in [0.25, 0.3) is 0 Å². The summed E-state index contributed by atoms with van der Waals surface area (Å²) in [5, 5.41) is -0.911. The molecular formula is C8H8O4S3. The molecular weight excluding hydrogens is 256 g/mol. The van der Waals surface area contributed by atoms with E-state index in [1.54, 1.807) is 0 Å². The van der Waals surface area contributed by atoms with Crippen LogP contribution in [0.5, 0.6) is 0 Å². The van der Waals surface area contributed by atoms with E-state index in [4.69, 9.17) is 0 Å². The Labute approximate surface area is 99.2 Å². The van der Waals surface area contributed by atoms with Crippen LogP contribution in [0.15, 0.2) is 0 Å². The highest BCUT2D eigenvalue weighted by Gasteiger charge is 2.57. The number of carbonyl (C=O) groups excluding carboxylic acids is 3. The van der Waals surface area contributed by atoms with E-state index in [0.29, 0.717) is 6.42 Å².